The second-order valence-electron chi connectivity index (χ2n) is 6.19. The van der Waals surface area contributed by atoms with Gasteiger partial charge in [0.15, 0.2) is 5.65 Å². The van der Waals surface area contributed by atoms with Gasteiger partial charge in [-0.1, -0.05) is 25.7 Å². The number of imidazole rings is 1. The molecule has 21 heavy (non-hydrogen) atoms. The van der Waals surface area contributed by atoms with Gasteiger partial charge in [-0.2, -0.15) is 0 Å². The number of aromatic amines is 1. The number of carboxylic acids is 1. The van der Waals surface area contributed by atoms with E-state index >= 15 is 0 Å². The Morgan fingerprint density at radius 1 is 1.33 bits per heavy atom. The predicted molar refractivity (Wildman–Crippen MR) is 80.1 cm³/mol. The number of hydrogen-bond donors (Lipinski definition) is 2. The van der Waals surface area contributed by atoms with Gasteiger partial charge in [-0.3, -0.25) is 4.79 Å². The van der Waals surface area contributed by atoms with Gasteiger partial charge in [-0.15, -0.1) is 0 Å². The van der Waals surface area contributed by atoms with Crippen molar-refractivity contribution < 1.29 is 9.90 Å². The van der Waals surface area contributed by atoms with E-state index in [1.807, 2.05) is 13.0 Å². The molecule has 2 aromatic heterocycles. The van der Waals surface area contributed by atoms with Crippen molar-refractivity contribution in [1.29, 1.82) is 0 Å². The van der Waals surface area contributed by atoms with E-state index in [2.05, 4.69) is 15.0 Å². The van der Waals surface area contributed by atoms with Crippen molar-refractivity contribution in [3.8, 4) is 0 Å². The summed E-state index contributed by atoms with van der Waals surface area (Å²) in [6, 6.07) is 1.93. The molecule has 5 heteroatoms. The number of pyridine rings is 1. The van der Waals surface area contributed by atoms with E-state index in [0.29, 0.717) is 12.1 Å². The van der Waals surface area contributed by atoms with Gasteiger partial charge in [0.25, 0.3) is 0 Å². The number of aliphatic carboxylic acids is 1. The van der Waals surface area contributed by atoms with Crippen molar-refractivity contribution in [2.75, 3.05) is 0 Å². The van der Waals surface area contributed by atoms with Crippen molar-refractivity contribution in [3.63, 3.8) is 0 Å². The predicted octanol–water partition coefficient (Wildman–Crippen LogP) is 3.23. The van der Waals surface area contributed by atoms with Gasteiger partial charge < -0.3 is 10.1 Å². The van der Waals surface area contributed by atoms with E-state index in [0.717, 1.165) is 55.4 Å². The quantitative estimate of drug-likeness (QED) is 0.849. The lowest BCUT2D eigenvalue weighted by Gasteiger charge is -2.26. The van der Waals surface area contributed by atoms with Crippen LogP contribution < -0.4 is 0 Å². The number of aryl methyl sites for hydroxylation is 1. The number of rotatable bonds is 3. The fraction of sp³-hybridized carbons (Fsp3) is 0.562. The summed E-state index contributed by atoms with van der Waals surface area (Å²) < 4.78 is 0. The Morgan fingerprint density at radius 3 is 2.67 bits per heavy atom. The number of aromatic nitrogens is 3. The Balaban J connectivity index is 1.94. The van der Waals surface area contributed by atoms with Crippen LogP contribution in [0.15, 0.2) is 12.3 Å². The highest BCUT2D eigenvalue weighted by Crippen LogP contribution is 2.38. The Kier molecular flexibility index (Phi) is 3.66. The zero-order valence-electron chi connectivity index (χ0n) is 12.4. The van der Waals surface area contributed by atoms with Crippen LogP contribution in [0.25, 0.3) is 11.2 Å². The van der Waals surface area contributed by atoms with Crippen LogP contribution in [0.3, 0.4) is 0 Å². The van der Waals surface area contributed by atoms with Crippen molar-refractivity contribution in [2.24, 2.45) is 5.41 Å². The molecule has 0 unspecified atom stereocenters. The number of H-pyrrole nitrogens is 1. The van der Waals surface area contributed by atoms with Crippen LogP contribution in [0.5, 0.6) is 0 Å². The molecule has 0 aliphatic heterocycles. The zero-order chi connectivity index (χ0) is 14.9. The molecule has 0 spiro atoms. The second kappa shape index (κ2) is 5.47. The summed E-state index contributed by atoms with van der Waals surface area (Å²) in [5.74, 6) is 0.0608. The van der Waals surface area contributed by atoms with Gasteiger partial charge in [0.2, 0.25) is 0 Å². The van der Waals surface area contributed by atoms with E-state index in [9.17, 15) is 9.90 Å². The maximum atomic E-state index is 11.9. The molecule has 1 saturated carbocycles. The van der Waals surface area contributed by atoms with E-state index in [1.54, 1.807) is 6.20 Å². The fourth-order valence-electron chi connectivity index (χ4n) is 3.36. The van der Waals surface area contributed by atoms with Crippen molar-refractivity contribution in [2.45, 2.75) is 51.9 Å². The highest BCUT2D eigenvalue weighted by atomic mass is 16.4. The number of nitrogens with zero attached hydrogens (tertiary/aromatic N) is 2. The smallest absolute Gasteiger partial charge is 0.310 e. The standard InChI is InChI=1S/C16H21N3O2/c1-11-6-9-17-14-13(11)18-12(19-14)10-16(15(20)21)7-4-2-3-5-8-16/h6,9H,2-5,7-8,10H2,1H3,(H,20,21)(H,17,18,19). The molecule has 112 valence electrons. The van der Waals surface area contributed by atoms with Crippen LogP contribution in [0.2, 0.25) is 0 Å². The van der Waals surface area contributed by atoms with E-state index < -0.39 is 11.4 Å². The van der Waals surface area contributed by atoms with Crippen LogP contribution in [-0.2, 0) is 11.2 Å². The van der Waals surface area contributed by atoms with E-state index in [1.165, 1.54) is 0 Å². The SMILES string of the molecule is Cc1ccnc2nc(CC3(C(=O)O)CCCCCC3)[nH]c12. The Morgan fingerprint density at radius 2 is 2.05 bits per heavy atom. The molecule has 1 aliphatic carbocycles. The van der Waals surface area contributed by atoms with Crippen LogP contribution in [0.1, 0.15) is 49.9 Å². The highest BCUT2D eigenvalue weighted by Gasteiger charge is 2.39. The number of hydrogen-bond acceptors (Lipinski definition) is 3. The van der Waals surface area contributed by atoms with Gasteiger partial charge in [0, 0.05) is 12.6 Å². The van der Waals surface area contributed by atoms with Crippen LogP contribution >= 0.6 is 0 Å². The number of fused-ring (bicyclic) bond motifs is 1. The molecule has 2 aromatic rings. The molecular weight excluding hydrogens is 266 g/mol. The van der Waals surface area contributed by atoms with Crippen LogP contribution in [0, 0.1) is 12.3 Å². The Hall–Kier alpha value is -1.91. The molecule has 1 aliphatic rings. The van der Waals surface area contributed by atoms with Crippen molar-refractivity contribution >= 4 is 17.1 Å². The Labute approximate surface area is 123 Å². The molecule has 2 heterocycles. The first-order chi connectivity index (χ1) is 10.1. The molecule has 0 radical (unpaired) electrons. The maximum absolute atomic E-state index is 11.9. The first kappa shape index (κ1) is 14.0. The summed E-state index contributed by atoms with van der Waals surface area (Å²) in [6.45, 7) is 2.00. The third-order valence-electron chi connectivity index (χ3n) is 4.67. The molecule has 1 fully saturated rings. The number of nitrogens with one attached hydrogen (secondary N) is 1. The summed E-state index contributed by atoms with van der Waals surface area (Å²) >= 11 is 0. The maximum Gasteiger partial charge on any atom is 0.310 e. The van der Waals surface area contributed by atoms with Gasteiger partial charge >= 0.3 is 5.97 Å². The molecule has 0 aromatic carbocycles. The van der Waals surface area contributed by atoms with Gasteiger partial charge in [0.05, 0.1) is 10.9 Å². The minimum atomic E-state index is -0.686. The largest absolute Gasteiger partial charge is 0.481 e. The van der Waals surface area contributed by atoms with Crippen molar-refractivity contribution in [1.82, 2.24) is 15.0 Å². The lowest BCUT2D eigenvalue weighted by atomic mass is 9.77. The Bertz CT molecular complexity index is 655. The lowest BCUT2D eigenvalue weighted by Crippen LogP contribution is -2.33. The minimum absolute atomic E-state index is 0.470. The monoisotopic (exact) mass is 287 g/mol. The normalized spacial score (nSPS) is 18.5. The van der Waals surface area contributed by atoms with Crippen LogP contribution in [-0.4, -0.2) is 26.0 Å². The lowest BCUT2D eigenvalue weighted by molar-refractivity contribution is -0.150. The average molecular weight is 287 g/mol. The third kappa shape index (κ3) is 2.64. The summed E-state index contributed by atoms with van der Waals surface area (Å²) in [5, 5.41) is 9.75. The molecule has 0 bridgehead atoms. The zero-order valence-corrected chi connectivity index (χ0v) is 12.4. The van der Waals surface area contributed by atoms with E-state index in [-0.39, 0.29) is 0 Å². The summed E-state index contributed by atoms with van der Waals surface area (Å²) in [7, 11) is 0. The summed E-state index contributed by atoms with van der Waals surface area (Å²) in [6.07, 6.45) is 7.94. The van der Waals surface area contributed by atoms with Gasteiger partial charge in [0.1, 0.15) is 5.82 Å². The average Bonchev–Trinajstić information content (AvgIpc) is 2.70. The highest BCUT2D eigenvalue weighted by molar-refractivity contribution is 5.76. The number of carboxylic acid groups (broad SMARTS) is 1. The first-order valence-electron chi connectivity index (χ1n) is 7.64. The van der Waals surface area contributed by atoms with Gasteiger partial charge in [-0.05, 0) is 31.4 Å². The van der Waals surface area contributed by atoms with Gasteiger partial charge in [-0.25, -0.2) is 9.97 Å². The second-order valence-corrected chi connectivity index (χ2v) is 6.19. The first-order valence-corrected chi connectivity index (χ1v) is 7.64. The molecule has 5 nitrogen and oxygen atoms in total. The molecular formula is C16H21N3O2. The summed E-state index contributed by atoms with van der Waals surface area (Å²) in [5.41, 5.74) is 2.02. The molecule has 2 N–H and O–H groups in total. The van der Waals surface area contributed by atoms with Crippen molar-refractivity contribution in [3.05, 3.63) is 23.7 Å². The summed E-state index contributed by atoms with van der Waals surface area (Å²) in [4.78, 5) is 23.9. The minimum Gasteiger partial charge on any atom is -0.481 e. The molecule has 0 atom stereocenters. The molecule has 0 saturated heterocycles. The third-order valence-corrected chi connectivity index (χ3v) is 4.67. The molecule has 0 amide bonds. The topological polar surface area (TPSA) is 78.9 Å². The number of carbonyl (C=O) groups is 1. The fourth-order valence-corrected chi connectivity index (χ4v) is 3.36. The van der Waals surface area contributed by atoms with Crippen LogP contribution in [0.4, 0.5) is 0 Å². The van der Waals surface area contributed by atoms with E-state index in [4.69, 9.17) is 0 Å². The molecule has 3 rings (SSSR count).